The zero-order valence-electron chi connectivity index (χ0n) is 16.9. The molecule has 1 fully saturated rings. The summed E-state index contributed by atoms with van der Waals surface area (Å²) in [6.45, 7) is 0. The number of nitro groups is 1. The smallest absolute Gasteiger partial charge is 0.315 e. The minimum Gasteiger partial charge on any atom is -0.506 e. The molecule has 0 heterocycles. The molecule has 1 saturated carbocycles. The number of nitrogens with zero attached hydrogens (tertiary/aromatic N) is 3. The molecule has 166 valence electrons. The van der Waals surface area contributed by atoms with Crippen LogP contribution in [0.4, 0.5) is 10.1 Å². The molecule has 0 aliphatic heterocycles. The van der Waals surface area contributed by atoms with Crippen LogP contribution in [0.2, 0.25) is 5.02 Å². The van der Waals surface area contributed by atoms with E-state index in [0.29, 0.717) is 12.8 Å². The van der Waals surface area contributed by atoms with Crippen molar-refractivity contribution in [1.82, 2.24) is 4.90 Å². The van der Waals surface area contributed by atoms with Gasteiger partial charge in [-0.2, -0.15) is 5.26 Å². The third kappa shape index (κ3) is 3.78. The van der Waals surface area contributed by atoms with E-state index in [1.54, 1.807) is 6.07 Å². The Hall–Kier alpha value is -3.84. The molecular weight excluding hydrogens is 445 g/mol. The maximum atomic E-state index is 14.5. The van der Waals surface area contributed by atoms with Gasteiger partial charge in [-0.3, -0.25) is 14.9 Å². The number of benzene rings is 2. The number of carbonyl (C=O) groups is 1. The van der Waals surface area contributed by atoms with Crippen molar-refractivity contribution in [3.8, 4) is 17.6 Å². The van der Waals surface area contributed by atoms with Gasteiger partial charge in [0.15, 0.2) is 11.3 Å². The third-order valence-corrected chi connectivity index (χ3v) is 5.64. The Bertz CT molecular complexity index is 1200. The molecule has 0 bridgehead atoms. The number of hydrogen-bond acceptors (Lipinski definition) is 7. The van der Waals surface area contributed by atoms with Crippen molar-refractivity contribution in [2.24, 2.45) is 0 Å². The number of aliphatic hydroxyl groups excluding tert-OH is 1. The Kier molecular flexibility index (Phi) is 5.96. The van der Waals surface area contributed by atoms with Gasteiger partial charge < -0.3 is 19.8 Å². The first-order chi connectivity index (χ1) is 15.1. The van der Waals surface area contributed by atoms with Gasteiger partial charge in [0.25, 0.3) is 5.91 Å². The summed E-state index contributed by atoms with van der Waals surface area (Å²) in [5.41, 5.74) is -2.66. The summed E-state index contributed by atoms with van der Waals surface area (Å²) in [6, 6.07) is 7.41. The highest BCUT2D eigenvalue weighted by molar-refractivity contribution is 6.30. The van der Waals surface area contributed by atoms with Crippen LogP contribution in [-0.2, 0) is 10.3 Å². The van der Waals surface area contributed by atoms with Crippen LogP contribution in [-0.4, -0.2) is 40.1 Å². The summed E-state index contributed by atoms with van der Waals surface area (Å²) >= 11 is 5.98. The van der Waals surface area contributed by atoms with Crippen molar-refractivity contribution in [3.63, 3.8) is 0 Å². The Morgan fingerprint density at radius 2 is 2.03 bits per heavy atom. The molecule has 3 rings (SSSR count). The lowest BCUT2D eigenvalue weighted by Gasteiger charge is -2.29. The summed E-state index contributed by atoms with van der Waals surface area (Å²) in [4.78, 5) is 24.5. The number of phenols is 1. The van der Waals surface area contributed by atoms with E-state index in [4.69, 9.17) is 16.3 Å². The molecule has 1 aliphatic carbocycles. The van der Waals surface area contributed by atoms with Crippen molar-refractivity contribution < 1.29 is 29.1 Å². The number of methoxy groups -OCH3 is 1. The monoisotopic (exact) mass is 461 g/mol. The molecule has 0 saturated heterocycles. The van der Waals surface area contributed by atoms with E-state index in [1.807, 2.05) is 0 Å². The number of phenolic OH excluding ortho intramolecular Hbond substituents is 1. The first kappa shape index (κ1) is 22.8. The molecular formula is C21H17ClFN3O6. The van der Waals surface area contributed by atoms with Crippen molar-refractivity contribution in [2.75, 3.05) is 14.2 Å². The van der Waals surface area contributed by atoms with Gasteiger partial charge in [0.2, 0.25) is 5.75 Å². The third-order valence-electron chi connectivity index (χ3n) is 5.41. The van der Waals surface area contributed by atoms with Crippen LogP contribution in [0.25, 0.3) is 5.76 Å². The molecule has 1 amide bonds. The van der Waals surface area contributed by atoms with Gasteiger partial charge in [-0.15, -0.1) is 0 Å². The van der Waals surface area contributed by atoms with Crippen LogP contribution in [0.5, 0.6) is 11.5 Å². The molecule has 0 radical (unpaired) electrons. The number of ether oxygens (including phenoxy) is 1. The topological polar surface area (TPSA) is 137 Å². The number of likely N-dealkylation sites (N-methyl/N-ethyl adjacent to an activating group) is 1. The number of aliphatic hydroxyl groups is 1. The Morgan fingerprint density at radius 3 is 2.56 bits per heavy atom. The molecule has 11 heteroatoms. The highest BCUT2D eigenvalue weighted by atomic mass is 35.5. The molecule has 2 aromatic carbocycles. The van der Waals surface area contributed by atoms with Crippen LogP contribution < -0.4 is 4.74 Å². The van der Waals surface area contributed by atoms with Crippen LogP contribution in [0, 0.1) is 27.3 Å². The quantitative estimate of drug-likeness (QED) is 0.218. The van der Waals surface area contributed by atoms with Gasteiger partial charge in [-0.05, 0) is 37.1 Å². The second-order valence-corrected chi connectivity index (χ2v) is 7.60. The van der Waals surface area contributed by atoms with Crippen LogP contribution in [0.1, 0.15) is 24.0 Å². The maximum Gasteiger partial charge on any atom is 0.315 e. The average Bonchev–Trinajstić information content (AvgIpc) is 3.57. The Morgan fingerprint density at radius 1 is 1.38 bits per heavy atom. The fraction of sp³-hybridized carbons (Fsp3) is 0.238. The number of nitriles is 1. The highest BCUT2D eigenvalue weighted by Gasteiger charge is 2.52. The zero-order chi connectivity index (χ0) is 23.8. The maximum absolute atomic E-state index is 14.5. The average molecular weight is 462 g/mol. The van der Waals surface area contributed by atoms with E-state index in [0.717, 1.165) is 24.1 Å². The summed E-state index contributed by atoms with van der Waals surface area (Å²) in [7, 11) is 2.50. The number of hydrogen-bond donors (Lipinski definition) is 2. The van der Waals surface area contributed by atoms with E-state index in [-0.39, 0.29) is 21.9 Å². The molecule has 32 heavy (non-hydrogen) atoms. The second kappa shape index (κ2) is 8.36. The number of amides is 1. The molecule has 2 N–H and O–H groups in total. The van der Waals surface area contributed by atoms with Crippen LogP contribution in [0.3, 0.4) is 0 Å². The fourth-order valence-electron chi connectivity index (χ4n) is 3.49. The molecule has 0 aromatic heterocycles. The van der Waals surface area contributed by atoms with Gasteiger partial charge in [0, 0.05) is 29.3 Å². The summed E-state index contributed by atoms with van der Waals surface area (Å²) in [6.07, 6.45) is 0.814. The van der Waals surface area contributed by atoms with Crippen molar-refractivity contribution in [1.29, 1.82) is 5.26 Å². The first-order valence-corrected chi connectivity index (χ1v) is 9.58. The summed E-state index contributed by atoms with van der Waals surface area (Å²) in [5, 5.41) is 41.6. The number of carbonyl (C=O) groups excluding carboxylic acids is 1. The largest absolute Gasteiger partial charge is 0.506 e. The minimum atomic E-state index is -1.05. The van der Waals surface area contributed by atoms with E-state index >= 15 is 0 Å². The van der Waals surface area contributed by atoms with Gasteiger partial charge in [0.05, 0.1) is 17.6 Å². The number of aromatic hydroxyl groups is 1. The van der Waals surface area contributed by atoms with Gasteiger partial charge in [-0.1, -0.05) is 11.6 Å². The number of rotatable bonds is 6. The Labute approximate surface area is 186 Å². The second-order valence-electron chi connectivity index (χ2n) is 7.16. The van der Waals surface area contributed by atoms with Gasteiger partial charge >= 0.3 is 5.69 Å². The molecule has 0 unspecified atom stereocenters. The molecule has 2 aromatic rings. The lowest BCUT2D eigenvalue weighted by Crippen LogP contribution is -2.38. The van der Waals surface area contributed by atoms with E-state index in [2.05, 4.69) is 0 Å². The Balaban J connectivity index is 2.07. The normalized spacial score (nSPS) is 14.7. The van der Waals surface area contributed by atoms with Crippen molar-refractivity contribution in [2.45, 2.75) is 18.4 Å². The van der Waals surface area contributed by atoms with Crippen molar-refractivity contribution in [3.05, 3.63) is 68.0 Å². The predicted molar refractivity (Wildman–Crippen MR) is 112 cm³/mol. The lowest BCUT2D eigenvalue weighted by atomic mass is 10.0. The predicted octanol–water partition coefficient (Wildman–Crippen LogP) is 4.04. The van der Waals surface area contributed by atoms with Gasteiger partial charge in [-0.25, -0.2) is 4.39 Å². The summed E-state index contributed by atoms with van der Waals surface area (Å²) < 4.78 is 19.3. The fourth-order valence-corrected chi connectivity index (χ4v) is 3.66. The lowest BCUT2D eigenvalue weighted by molar-refractivity contribution is -0.386. The number of nitro benzene ring substituents is 1. The first-order valence-electron chi connectivity index (χ1n) is 9.20. The van der Waals surface area contributed by atoms with E-state index in [1.165, 1.54) is 25.2 Å². The number of halogens is 2. The minimum absolute atomic E-state index is 0.180. The van der Waals surface area contributed by atoms with Crippen molar-refractivity contribution >= 4 is 29.0 Å². The highest BCUT2D eigenvalue weighted by Crippen LogP contribution is 2.52. The van der Waals surface area contributed by atoms with E-state index < -0.39 is 45.0 Å². The van der Waals surface area contributed by atoms with Gasteiger partial charge in [0.1, 0.15) is 17.6 Å². The summed E-state index contributed by atoms with van der Waals surface area (Å²) in [5.74, 6) is -3.45. The van der Waals surface area contributed by atoms with Crippen LogP contribution in [0.15, 0.2) is 35.9 Å². The standard InChI is InChI=1S/C21H17ClFN3O6/c1-25(21(5-6-21)14-9-12(22)3-4-15(14)23)20(29)13(10-24)18(27)11-7-16(26(30)31)19(28)17(8-11)32-2/h3-4,7-9,27-28H,5-6H2,1-2H3/b18-13-. The molecule has 1 aliphatic rings. The van der Waals surface area contributed by atoms with Crippen LogP contribution >= 0.6 is 11.6 Å². The molecule has 0 atom stereocenters. The molecule has 0 spiro atoms. The SMILES string of the molecule is COc1cc(/C(O)=C(\C#N)C(=O)N(C)C2(c3cc(Cl)ccc3F)CC2)cc([N+](=O)[O-])c1O. The van der Waals surface area contributed by atoms with E-state index in [9.17, 15) is 34.8 Å². The zero-order valence-corrected chi connectivity index (χ0v) is 17.7. The molecule has 9 nitrogen and oxygen atoms in total.